The molecular weight excluding hydrogens is 355 g/mol. The standard InChI is InChI=1S/C21H27FN6/c1-16(2)14-25-21(23)26-15-17-7-8-24-20(13-17)28-11-9-27(10-12-28)19-5-3-18(22)4-6-19/h3-8,13H,1,9-12,14-15H2,2H3,(H3,23,25,26). The van der Waals surface area contributed by atoms with Crippen LogP contribution in [0.5, 0.6) is 0 Å². The first-order chi connectivity index (χ1) is 13.5. The summed E-state index contributed by atoms with van der Waals surface area (Å²) in [5, 5.41) is 3.03. The maximum Gasteiger partial charge on any atom is 0.189 e. The van der Waals surface area contributed by atoms with Gasteiger partial charge < -0.3 is 20.9 Å². The molecule has 1 aromatic heterocycles. The maximum atomic E-state index is 13.1. The van der Waals surface area contributed by atoms with E-state index in [-0.39, 0.29) is 5.82 Å². The van der Waals surface area contributed by atoms with Crippen molar-refractivity contribution >= 4 is 17.5 Å². The molecule has 0 aliphatic carbocycles. The molecule has 7 heteroatoms. The van der Waals surface area contributed by atoms with Crippen LogP contribution in [0.25, 0.3) is 0 Å². The summed E-state index contributed by atoms with van der Waals surface area (Å²) in [5.74, 6) is 1.15. The quantitative estimate of drug-likeness (QED) is 0.456. The van der Waals surface area contributed by atoms with Crippen molar-refractivity contribution in [3.8, 4) is 0 Å². The second-order valence-corrected chi connectivity index (χ2v) is 6.98. The summed E-state index contributed by atoms with van der Waals surface area (Å²) >= 11 is 0. The summed E-state index contributed by atoms with van der Waals surface area (Å²) in [6, 6.07) is 10.7. The fourth-order valence-corrected chi connectivity index (χ4v) is 3.05. The average Bonchev–Trinajstić information content (AvgIpc) is 2.71. The zero-order chi connectivity index (χ0) is 19.9. The lowest BCUT2D eigenvalue weighted by Crippen LogP contribution is -2.46. The third-order valence-electron chi connectivity index (χ3n) is 4.61. The summed E-state index contributed by atoms with van der Waals surface area (Å²) in [4.78, 5) is 13.4. The largest absolute Gasteiger partial charge is 0.370 e. The summed E-state index contributed by atoms with van der Waals surface area (Å²) in [5.41, 5.74) is 8.99. The van der Waals surface area contributed by atoms with Crippen LogP contribution in [0.4, 0.5) is 15.9 Å². The van der Waals surface area contributed by atoms with E-state index in [2.05, 4.69) is 37.7 Å². The van der Waals surface area contributed by atoms with Gasteiger partial charge in [-0.1, -0.05) is 12.2 Å². The van der Waals surface area contributed by atoms with Gasteiger partial charge in [-0.25, -0.2) is 14.4 Å². The number of nitrogens with zero attached hydrogens (tertiary/aromatic N) is 4. The molecule has 1 aliphatic rings. The number of halogens is 1. The molecule has 3 rings (SSSR count). The van der Waals surface area contributed by atoms with Crippen molar-refractivity contribution in [1.29, 1.82) is 0 Å². The Morgan fingerprint density at radius 3 is 2.54 bits per heavy atom. The van der Waals surface area contributed by atoms with Crippen molar-refractivity contribution in [3.05, 3.63) is 66.1 Å². The van der Waals surface area contributed by atoms with Gasteiger partial charge in [-0.15, -0.1) is 0 Å². The molecule has 2 aromatic rings. The fourth-order valence-electron chi connectivity index (χ4n) is 3.05. The van der Waals surface area contributed by atoms with E-state index >= 15 is 0 Å². The van der Waals surface area contributed by atoms with E-state index in [1.807, 2.05) is 31.3 Å². The SMILES string of the molecule is C=C(C)CNC(N)=NCc1ccnc(N2CCN(c3ccc(F)cc3)CC2)c1. The van der Waals surface area contributed by atoms with Crippen LogP contribution in [-0.4, -0.2) is 43.7 Å². The molecule has 0 saturated carbocycles. The molecule has 1 aromatic carbocycles. The molecule has 0 radical (unpaired) electrons. The van der Waals surface area contributed by atoms with Crippen LogP contribution in [0.2, 0.25) is 0 Å². The Morgan fingerprint density at radius 2 is 1.86 bits per heavy atom. The minimum Gasteiger partial charge on any atom is -0.370 e. The number of aliphatic imine (C=N–C) groups is 1. The molecular formula is C21H27FN6. The minimum atomic E-state index is -0.207. The Hall–Kier alpha value is -3.09. The van der Waals surface area contributed by atoms with Gasteiger partial charge >= 0.3 is 0 Å². The molecule has 28 heavy (non-hydrogen) atoms. The number of benzene rings is 1. The monoisotopic (exact) mass is 382 g/mol. The first-order valence-electron chi connectivity index (χ1n) is 9.40. The normalized spacial score (nSPS) is 14.9. The van der Waals surface area contributed by atoms with E-state index in [4.69, 9.17) is 5.73 Å². The predicted molar refractivity (Wildman–Crippen MR) is 113 cm³/mol. The molecule has 0 atom stereocenters. The number of nitrogens with one attached hydrogen (secondary N) is 1. The van der Waals surface area contributed by atoms with Crippen LogP contribution >= 0.6 is 0 Å². The van der Waals surface area contributed by atoms with Crippen LogP contribution in [0, 0.1) is 5.82 Å². The number of aromatic nitrogens is 1. The van der Waals surface area contributed by atoms with Gasteiger partial charge in [0.05, 0.1) is 6.54 Å². The first-order valence-corrected chi connectivity index (χ1v) is 9.40. The Kier molecular flexibility index (Phi) is 6.47. The number of pyridine rings is 1. The molecule has 0 unspecified atom stereocenters. The van der Waals surface area contributed by atoms with Gasteiger partial charge in [-0.2, -0.15) is 0 Å². The van der Waals surface area contributed by atoms with Crippen molar-refractivity contribution < 1.29 is 4.39 Å². The van der Waals surface area contributed by atoms with Crippen LogP contribution < -0.4 is 20.9 Å². The van der Waals surface area contributed by atoms with Crippen molar-refractivity contribution in [2.45, 2.75) is 13.5 Å². The van der Waals surface area contributed by atoms with Gasteiger partial charge in [0.2, 0.25) is 0 Å². The highest BCUT2D eigenvalue weighted by atomic mass is 19.1. The van der Waals surface area contributed by atoms with Gasteiger partial charge in [0.25, 0.3) is 0 Å². The zero-order valence-electron chi connectivity index (χ0n) is 16.2. The number of guanidine groups is 1. The lowest BCUT2D eigenvalue weighted by atomic mass is 10.2. The van der Waals surface area contributed by atoms with E-state index in [0.717, 1.165) is 48.8 Å². The molecule has 1 aliphatic heterocycles. The zero-order valence-corrected chi connectivity index (χ0v) is 16.2. The Balaban J connectivity index is 1.56. The molecule has 148 valence electrons. The molecule has 1 fully saturated rings. The van der Waals surface area contributed by atoms with Crippen molar-refractivity contribution in [1.82, 2.24) is 10.3 Å². The second-order valence-electron chi connectivity index (χ2n) is 6.98. The summed E-state index contributed by atoms with van der Waals surface area (Å²) in [6.07, 6.45) is 1.81. The number of piperazine rings is 1. The molecule has 6 nitrogen and oxygen atoms in total. The molecule has 3 N–H and O–H groups in total. The molecule has 2 heterocycles. The van der Waals surface area contributed by atoms with E-state index in [0.29, 0.717) is 19.0 Å². The number of nitrogens with two attached hydrogens (primary N) is 1. The highest BCUT2D eigenvalue weighted by Gasteiger charge is 2.18. The minimum absolute atomic E-state index is 0.207. The average molecular weight is 382 g/mol. The van der Waals surface area contributed by atoms with Gasteiger partial charge in [-0.05, 0) is 48.9 Å². The second kappa shape index (κ2) is 9.21. The van der Waals surface area contributed by atoms with Crippen LogP contribution in [0.3, 0.4) is 0 Å². The number of rotatable bonds is 6. The third kappa shape index (κ3) is 5.45. The van der Waals surface area contributed by atoms with Gasteiger partial charge in [0.15, 0.2) is 5.96 Å². The molecule has 0 amide bonds. The fraction of sp³-hybridized carbons (Fsp3) is 0.333. The number of hydrogen-bond donors (Lipinski definition) is 2. The molecule has 1 saturated heterocycles. The molecule has 0 bridgehead atoms. The number of anilines is 2. The van der Waals surface area contributed by atoms with Crippen LogP contribution in [0.15, 0.2) is 59.7 Å². The van der Waals surface area contributed by atoms with Gasteiger partial charge in [0.1, 0.15) is 11.6 Å². The van der Waals surface area contributed by atoms with Crippen molar-refractivity contribution in [3.63, 3.8) is 0 Å². The number of hydrogen-bond acceptors (Lipinski definition) is 4. The van der Waals surface area contributed by atoms with E-state index < -0.39 is 0 Å². The van der Waals surface area contributed by atoms with Gasteiger partial charge in [0, 0.05) is 44.6 Å². The lowest BCUT2D eigenvalue weighted by Gasteiger charge is -2.36. The predicted octanol–water partition coefficient (Wildman–Crippen LogP) is 2.53. The lowest BCUT2D eigenvalue weighted by molar-refractivity contribution is 0.624. The van der Waals surface area contributed by atoms with Crippen molar-refractivity contribution in [2.75, 3.05) is 42.5 Å². The Morgan fingerprint density at radius 1 is 1.18 bits per heavy atom. The van der Waals surface area contributed by atoms with Crippen LogP contribution in [0.1, 0.15) is 12.5 Å². The Labute approximate surface area is 165 Å². The highest BCUT2D eigenvalue weighted by molar-refractivity contribution is 5.78. The Bertz CT molecular complexity index is 825. The highest BCUT2D eigenvalue weighted by Crippen LogP contribution is 2.20. The summed E-state index contributed by atoms with van der Waals surface area (Å²) < 4.78 is 13.1. The summed E-state index contributed by atoms with van der Waals surface area (Å²) in [6.45, 7) is 10.3. The third-order valence-corrected chi connectivity index (χ3v) is 4.61. The topological polar surface area (TPSA) is 69.8 Å². The smallest absolute Gasteiger partial charge is 0.189 e. The summed E-state index contributed by atoms with van der Waals surface area (Å²) in [7, 11) is 0. The van der Waals surface area contributed by atoms with Crippen LogP contribution in [-0.2, 0) is 6.54 Å². The van der Waals surface area contributed by atoms with E-state index in [1.54, 1.807) is 0 Å². The first kappa shape index (κ1) is 19.7. The van der Waals surface area contributed by atoms with Gasteiger partial charge in [-0.3, -0.25) is 0 Å². The van der Waals surface area contributed by atoms with E-state index in [1.165, 1.54) is 12.1 Å². The van der Waals surface area contributed by atoms with Crippen molar-refractivity contribution in [2.24, 2.45) is 10.7 Å². The molecule has 0 spiro atoms. The van der Waals surface area contributed by atoms with E-state index in [9.17, 15) is 4.39 Å². The maximum absolute atomic E-state index is 13.1.